The third kappa shape index (κ3) is 2.94. The summed E-state index contributed by atoms with van der Waals surface area (Å²) >= 11 is 1.53. The van der Waals surface area contributed by atoms with Crippen molar-refractivity contribution in [2.45, 2.75) is 6.04 Å². The second-order valence-electron chi connectivity index (χ2n) is 4.64. The Morgan fingerprint density at radius 3 is 2.68 bits per heavy atom. The van der Waals surface area contributed by atoms with E-state index in [4.69, 9.17) is 5.11 Å². The van der Waals surface area contributed by atoms with Crippen LogP contribution in [0.1, 0.15) is 0 Å². The molecule has 1 unspecified atom stereocenters. The van der Waals surface area contributed by atoms with Gasteiger partial charge < -0.3 is 19.8 Å². The number of nitrogens with zero attached hydrogens (tertiary/aromatic N) is 3. The van der Waals surface area contributed by atoms with Crippen LogP contribution in [0.15, 0.2) is 0 Å². The number of hydrogen-bond donors (Lipinski definition) is 1. The van der Waals surface area contributed by atoms with Crippen LogP contribution in [-0.4, -0.2) is 88.5 Å². The SMILES string of the molecule is CN1CCN(C(=O)N2CCSCC2C(=O)O)CC1=O. The van der Waals surface area contributed by atoms with E-state index < -0.39 is 12.0 Å². The average molecular weight is 287 g/mol. The largest absolute Gasteiger partial charge is 0.480 e. The second kappa shape index (κ2) is 5.68. The summed E-state index contributed by atoms with van der Waals surface area (Å²) in [5, 5.41) is 9.15. The minimum absolute atomic E-state index is 0.0331. The first-order valence-corrected chi connectivity index (χ1v) is 7.26. The number of urea groups is 1. The molecule has 3 amide bonds. The molecular formula is C11H17N3O4S. The Balaban J connectivity index is 2.05. The van der Waals surface area contributed by atoms with Gasteiger partial charge in [0.2, 0.25) is 5.91 Å². The maximum absolute atomic E-state index is 12.3. The lowest BCUT2D eigenvalue weighted by Crippen LogP contribution is -2.59. The number of carbonyl (C=O) groups excluding carboxylic acids is 2. The minimum atomic E-state index is -0.985. The fourth-order valence-electron chi connectivity index (χ4n) is 2.14. The number of carboxylic acids is 1. The maximum Gasteiger partial charge on any atom is 0.327 e. The summed E-state index contributed by atoms with van der Waals surface area (Å²) in [7, 11) is 1.70. The third-order valence-electron chi connectivity index (χ3n) is 3.39. The number of aliphatic carboxylic acids is 1. The van der Waals surface area contributed by atoms with Crippen molar-refractivity contribution in [1.29, 1.82) is 0 Å². The predicted octanol–water partition coefficient (Wildman–Crippen LogP) is -0.618. The molecule has 106 valence electrons. The van der Waals surface area contributed by atoms with Crippen LogP contribution in [0.3, 0.4) is 0 Å². The lowest BCUT2D eigenvalue weighted by Gasteiger charge is -2.39. The van der Waals surface area contributed by atoms with E-state index in [9.17, 15) is 14.4 Å². The van der Waals surface area contributed by atoms with Gasteiger partial charge in [-0.3, -0.25) is 4.79 Å². The molecule has 1 atom stereocenters. The van der Waals surface area contributed by atoms with Crippen LogP contribution in [0.5, 0.6) is 0 Å². The molecule has 0 bridgehead atoms. The Morgan fingerprint density at radius 2 is 2.05 bits per heavy atom. The van der Waals surface area contributed by atoms with Crippen molar-refractivity contribution in [2.24, 2.45) is 0 Å². The molecule has 0 aromatic carbocycles. The molecule has 0 saturated carbocycles. The van der Waals surface area contributed by atoms with Gasteiger partial charge in [-0.05, 0) is 0 Å². The smallest absolute Gasteiger partial charge is 0.327 e. The molecule has 0 aliphatic carbocycles. The van der Waals surface area contributed by atoms with Crippen LogP contribution >= 0.6 is 11.8 Å². The maximum atomic E-state index is 12.3. The first-order chi connectivity index (χ1) is 9.00. The topological polar surface area (TPSA) is 81.2 Å². The summed E-state index contributed by atoms with van der Waals surface area (Å²) in [6, 6.07) is -1.13. The van der Waals surface area contributed by atoms with E-state index in [1.807, 2.05) is 0 Å². The van der Waals surface area contributed by atoms with E-state index in [0.29, 0.717) is 25.4 Å². The normalized spacial score (nSPS) is 24.6. The monoisotopic (exact) mass is 287 g/mol. The van der Waals surface area contributed by atoms with E-state index in [0.717, 1.165) is 5.75 Å². The molecule has 0 radical (unpaired) electrons. The van der Waals surface area contributed by atoms with Gasteiger partial charge in [-0.15, -0.1) is 0 Å². The molecular weight excluding hydrogens is 270 g/mol. The highest BCUT2D eigenvalue weighted by molar-refractivity contribution is 7.99. The first-order valence-electron chi connectivity index (χ1n) is 6.10. The highest BCUT2D eigenvalue weighted by Gasteiger charge is 2.36. The summed E-state index contributed by atoms with van der Waals surface area (Å²) in [6.07, 6.45) is 0. The number of amides is 3. The van der Waals surface area contributed by atoms with Crippen molar-refractivity contribution in [3.63, 3.8) is 0 Å². The van der Waals surface area contributed by atoms with Crippen LogP contribution in [0, 0.1) is 0 Å². The van der Waals surface area contributed by atoms with Crippen LogP contribution < -0.4 is 0 Å². The molecule has 2 aliphatic rings. The lowest BCUT2D eigenvalue weighted by molar-refractivity contribution is -0.141. The van der Waals surface area contributed by atoms with E-state index in [1.165, 1.54) is 21.6 Å². The third-order valence-corrected chi connectivity index (χ3v) is 4.41. The molecule has 0 aromatic heterocycles. The molecule has 7 nitrogen and oxygen atoms in total. The number of thioether (sulfide) groups is 1. The van der Waals surface area contributed by atoms with Crippen molar-refractivity contribution in [1.82, 2.24) is 14.7 Å². The molecule has 0 spiro atoms. The number of rotatable bonds is 1. The zero-order valence-electron chi connectivity index (χ0n) is 10.7. The number of likely N-dealkylation sites (N-methyl/N-ethyl adjacent to an activating group) is 1. The quantitative estimate of drug-likeness (QED) is 0.695. The fourth-order valence-corrected chi connectivity index (χ4v) is 3.18. The van der Waals surface area contributed by atoms with Gasteiger partial charge in [0.1, 0.15) is 12.6 Å². The first kappa shape index (κ1) is 14.0. The summed E-state index contributed by atoms with van der Waals surface area (Å²) in [5.41, 5.74) is 0. The number of carboxylic acid groups (broad SMARTS) is 1. The summed E-state index contributed by atoms with van der Waals surface area (Å²) in [6.45, 7) is 1.40. The van der Waals surface area contributed by atoms with Crippen LogP contribution in [0.2, 0.25) is 0 Å². The molecule has 19 heavy (non-hydrogen) atoms. The summed E-state index contributed by atoms with van der Waals surface area (Å²) in [4.78, 5) is 39.5. The van der Waals surface area contributed by atoms with Crippen molar-refractivity contribution in [2.75, 3.05) is 44.7 Å². The Bertz CT molecular complexity index is 403. The van der Waals surface area contributed by atoms with Gasteiger partial charge in [-0.25, -0.2) is 9.59 Å². The Kier molecular flexibility index (Phi) is 4.18. The van der Waals surface area contributed by atoms with Crippen molar-refractivity contribution < 1.29 is 19.5 Å². The van der Waals surface area contributed by atoms with Crippen LogP contribution in [0.25, 0.3) is 0 Å². The highest BCUT2D eigenvalue weighted by Crippen LogP contribution is 2.19. The summed E-state index contributed by atoms with van der Waals surface area (Å²) < 4.78 is 0. The van der Waals surface area contributed by atoms with E-state index in [1.54, 1.807) is 11.9 Å². The Morgan fingerprint density at radius 1 is 1.32 bits per heavy atom. The molecule has 2 rings (SSSR count). The predicted molar refractivity (Wildman–Crippen MR) is 70.1 cm³/mol. The van der Waals surface area contributed by atoms with Gasteiger partial charge in [0.15, 0.2) is 0 Å². The average Bonchev–Trinajstić information content (AvgIpc) is 2.41. The molecule has 2 saturated heterocycles. The second-order valence-corrected chi connectivity index (χ2v) is 5.79. The summed E-state index contributed by atoms with van der Waals surface area (Å²) in [5.74, 6) is 0.0406. The molecule has 2 aliphatic heterocycles. The van der Waals surface area contributed by atoms with E-state index in [2.05, 4.69) is 0 Å². The molecule has 2 fully saturated rings. The van der Waals surface area contributed by atoms with E-state index >= 15 is 0 Å². The molecule has 8 heteroatoms. The van der Waals surface area contributed by atoms with Gasteiger partial charge in [-0.2, -0.15) is 11.8 Å². The van der Waals surface area contributed by atoms with Gasteiger partial charge in [-0.1, -0.05) is 0 Å². The van der Waals surface area contributed by atoms with Crippen molar-refractivity contribution in [3.05, 3.63) is 0 Å². The number of piperazine rings is 1. The molecule has 1 N–H and O–H groups in total. The lowest BCUT2D eigenvalue weighted by atomic mass is 10.2. The van der Waals surface area contributed by atoms with E-state index in [-0.39, 0.29) is 18.5 Å². The fraction of sp³-hybridized carbons (Fsp3) is 0.727. The zero-order valence-corrected chi connectivity index (χ0v) is 11.6. The zero-order chi connectivity index (χ0) is 14.0. The minimum Gasteiger partial charge on any atom is -0.480 e. The van der Waals surface area contributed by atoms with Gasteiger partial charge in [0, 0.05) is 38.2 Å². The van der Waals surface area contributed by atoms with Gasteiger partial charge >= 0.3 is 12.0 Å². The van der Waals surface area contributed by atoms with Crippen LogP contribution in [-0.2, 0) is 9.59 Å². The van der Waals surface area contributed by atoms with Gasteiger partial charge in [0.05, 0.1) is 0 Å². The van der Waals surface area contributed by atoms with Gasteiger partial charge in [0.25, 0.3) is 0 Å². The number of carbonyl (C=O) groups is 3. The molecule has 0 aromatic rings. The number of hydrogen-bond acceptors (Lipinski definition) is 4. The molecule has 2 heterocycles. The van der Waals surface area contributed by atoms with Crippen molar-refractivity contribution in [3.8, 4) is 0 Å². The Hall–Kier alpha value is -1.44. The van der Waals surface area contributed by atoms with Crippen molar-refractivity contribution >= 4 is 29.7 Å². The van der Waals surface area contributed by atoms with Crippen LogP contribution in [0.4, 0.5) is 4.79 Å². The Labute approximate surface area is 115 Å². The standard InChI is InChI=1S/C11H17N3O4S/c1-12-2-3-13(6-9(12)15)11(18)14-4-5-19-7-8(14)10(16)17/h8H,2-7H2,1H3,(H,16,17). The highest BCUT2D eigenvalue weighted by atomic mass is 32.2.